The highest BCUT2D eigenvalue weighted by molar-refractivity contribution is 5.16. The van der Waals surface area contributed by atoms with Gasteiger partial charge in [-0.3, -0.25) is 4.98 Å². The number of aliphatic hydroxyl groups is 1. The van der Waals surface area contributed by atoms with Gasteiger partial charge in [-0.2, -0.15) is 0 Å². The lowest BCUT2D eigenvalue weighted by atomic mass is 9.99. The van der Waals surface area contributed by atoms with Crippen molar-refractivity contribution in [2.24, 2.45) is 5.73 Å². The highest BCUT2D eigenvalue weighted by atomic mass is 19.1. The maximum atomic E-state index is 13.0. The van der Waals surface area contributed by atoms with Crippen LogP contribution in [-0.4, -0.2) is 16.7 Å². The number of aromatic nitrogens is 1. The molecular weight excluding hydrogens is 159 g/mol. The lowest BCUT2D eigenvalue weighted by Crippen LogP contribution is -2.38. The van der Waals surface area contributed by atoms with Crippen LogP contribution in [0, 0.1) is 5.82 Å². The van der Waals surface area contributed by atoms with E-state index in [0.717, 1.165) is 0 Å². The summed E-state index contributed by atoms with van der Waals surface area (Å²) in [6.45, 7) is 1.19. The first-order valence-electron chi connectivity index (χ1n) is 3.58. The van der Waals surface area contributed by atoms with Crippen LogP contribution in [0.4, 0.5) is 4.39 Å². The van der Waals surface area contributed by atoms with Crippen LogP contribution in [0.2, 0.25) is 0 Å². The van der Waals surface area contributed by atoms with Crippen LogP contribution in [0.1, 0.15) is 12.6 Å². The summed E-state index contributed by atoms with van der Waals surface area (Å²) < 4.78 is 13.0. The quantitative estimate of drug-likeness (QED) is 0.674. The minimum absolute atomic E-state index is 0.0903. The molecule has 0 aromatic carbocycles. The molecule has 0 spiro atoms. The minimum atomic E-state index is -1.11. The summed E-state index contributed by atoms with van der Waals surface area (Å²) in [5.41, 5.74) is 4.57. The fourth-order valence-corrected chi connectivity index (χ4v) is 0.881. The summed E-state index contributed by atoms with van der Waals surface area (Å²) in [6, 6.07) is 2.75. The molecule has 0 radical (unpaired) electrons. The zero-order valence-electron chi connectivity index (χ0n) is 6.79. The van der Waals surface area contributed by atoms with Crippen LogP contribution in [-0.2, 0) is 5.54 Å². The van der Waals surface area contributed by atoms with Crippen LogP contribution < -0.4 is 5.73 Å². The molecule has 0 aliphatic heterocycles. The van der Waals surface area contributed by atoms with Crippen molar-refractivity contribution in [3.05, 3.63) is 29.8 Å². The first-order valence-corrected chi connectivity index (χ1v) is 3.58. The third-order valence-corrected chi connectivity index (χ3v) is 1.63. The lowest BCUT2D eigenvalue weighted by molar-refractivity contribution is 0.202. The molecule has 1 heterocycles. The predicted molar refractivity (Wildman–Crippen MR) is 42.8 cm³/mol. The number of pyridine rings is 1. The molecule has 0 amide bonds. The number of aliphatic hydroxyl groups excluding tert-OH is 1. The summed E-state index contributed by atoms with van der Waals surface area (Å²) in [6.07, 6.45) is 1.44. The molecule has 0 saturated carbocycles. The van der Waals surface area contributed by atoms with Crippen molar-refractivity contribution in [1.29, 1.82) is 0 Å². The van der Waals surface area contributed by atoms with E-state index >= 15 is 0 Å². The van der Waals surface area contributed by atoms with Gasteiger partial charge in [0.05, 0.1) is 17.8 Å². The molecule has 4 heteroatoms. The Kier molecular flexibility index (Phi) is 2.40. The van der Waals surface area contributed by atoms with Crippen molar-refractivity contribution in [3.63, 3.8) is 0 Å². The standard InChI is InChI=1S/C8H11FN2O/c1-8(10,5-12)7-6(9)3-2-4-11-7/h2-4,12H,5,10H2,1H3/t8-/m1/s1. The molecule has 12 heavy (non-hydrogen) atoms. The molecule has 0 unspecified atom stereocenters. The van der Waals surface area contributed by atoms with Gasteiger partial charge >= 0.3 is 0 Å². The summed E-state index contributed by atoms with van der Waals surface area (Å²) in [4.78, 5) is 3.76. The molecule has 0 fully saturated rings. The van der Waals surface area contributed by atoms with E-state index in [1.165, 1.54) is 25.3 Å². The Balaban J connectivity index is 3.10. The Bertz CT molecular complexity index is 276. The average Bonchev–Trinajstić information content (AvgIpc) is 2.05. The Morgan fingerprint density at radius 1 is 1.75 bits per heavy atom. The van der Waals surface area contributed by atoms with Gasteiger partial charge in [0.2, 0.25) is 0 Å². The molecule has 1 atom stereocenters. The van der Waals surface area contributed by atoms with Crippen molar-refractivity contribution in [3.8, 4) is 0 Å². The summed E-state index contributed by atoms with van der Waals surface area (Å²) in [5, 5.41) is 8.84. The number of rotatable bonds is 2. The van der Waals surface area contributed by atoms with Crippen LogP contribution in [0.3, 0.4) is 0 Å². The molecule has 1 aromatic heterocycles. The third-order valence-electron chi connectivity index (χ3n) is 1.63. The zero-order chi connectivity index (χ0) is 9.19. The lowest BCUT2D eigenvalue weighted by Gasteiger charge is -2.20. The van der Waals surface area contributed by atoms with Crippen molar-refractivity contribution in [2.75, 3.05) is 6.61 Å². The van der Waals surface area contributed by atoms with Crippen LogP contribution in [0.5, 0.6) is 0 Å². The van der Waals surface area contributed by atoms with Crippen LogP contribution in [0.25, 0.3) is 0 Å². The van der Waals surface area contributed by atoms with Gasteiger partial charge < -0.3 is 10.8 Å². The van der Waals surface area contributed by atoms with Crippen molar-refractivity contribution >= 4 is 0 Å². The second-order valence-electron chi connectivity index (χ2n) is 2.91. The van der Waals surface area contributed by atoms with Crippen molar-refractivity contribution < 1.29 is 9.50 Å². The van der Waals surface area contributed by atoms with Crippen molar-refractivity contribution in [1.82, 2.24) is 4.98 Å². The van der Waals surface area contributed by atoms with Gasteiger partial charge in [0, 0.05) is 6.20 Å². The summed E-state index contributed by atoms with van der Waals surface area (Å²) in [7, 11) is 0. The Morgan fingerprint density at radius 3 is 2.92 bits per heavy atom. The van der Waals surface area contributed by atoms with E-state index in [2.05, 4.69) is 4.98 Å². The van der Waals surface area contributed by atoms with Crippen molar-refractivity contribution in [2.45, 2.75) is 12.5 Å². The SMILES string of the molecule is C[C@@](N)(CO)c1ncccc1F. The average molecular weight is 170 g/mol. The van der Waals surface area contributed by atoms with E-state index in [1.807, 2.05) is 0 Å². The predicted octanol–water partition coefficient (Wildman–Crippen LogP) is 0.387. The number of nitrogens with two attached hydrogens (primary N) is 1. The van der Waals surface area contributed by atoms with E-state index in [-0.39, 0.29) is 12.3 Å². The second kappa shape index (κ2) is 3.16. The number of nitrogens with zero attached hydrogens (tertiary/aromatic N) is 1. The maximum Gasteiger partial charge on any atom is 0.146 e. The molecule has 1 aromatic rings. The van der Waals surface area contributed by atoms with Gasteiger partial charge in [0.15, 0.2) is 0 Å². The molecule has 0 aliphatic rings. The van der Waals surface area contributed by atoms with Gasteiger partial charge in [0.25, 0.3) is 0 Å². The fourth-order valence-electron chi connectivity index (χ4n) is 0.881. The monoisotopic (exact) mass is 170 g/mol. The van der Waals surface area contributed by atoms with Crippen LogP contribution >= 0.6 is 0 Å². The zero-order valence-corrected chi connectivity index (χ0v) is 6.79. The minimum Gasteiger partial charge on any atom is -0.394 e. The Labute approximate surface area is 70.0 Å². The molecule has 3 nitrogen and oxygen atoms in total. The smallest absolute Gasteiger partial charge is 0.146 e. The number of halogens is 1. The van der Waals surface area contributed by atoms with Crippen LogP contribution in [0.15, 0.2) is 18.3 Å². The molecule has 1 rings (SSSR count). The highest BCUT2D eigenvalue weighted by Crippen LogP contribution is 2.16. The summed E-state index contributed by atoms with van der Waals surface area (Å²) >= 11 is 0. The van der Waals surface area contributed by atoms with Gasteiger partial charge in [-0.25, -0.2) is 4.39 Å². The van der Waals surface area contributed by atoms with E-state index in [1.54, 1.807) is 0 Å². The Morgan fingerprint density at radius 2 is 2.42 bits per heavy atom. The summed E-state index contributed by atoms with van der Waals surface area (Å²) in [5.74, 6) is -0.489. The molecule has 0 aliphatic carbocycles. The molecule has 66 valence electrons. The van der Waals surface area contributed by atoms with Gasteiger partial charge in [-0.15, -0.1) is 0 Å². The maximum absolute atomic E-state index is 13.0. The normalized spacial score (nSPS) is 15.7. The largest absolute Gasteiger partial charge is 0.394 e. The number of hydrogen-bond acceptors (Lipinski definition) is 3. The molecule has 0 bridgehead atoms. The molecule has 0 saturated heterocycles. The van der Waals surface area contributed by atoms with Gasteiger partial charge in [-0.1, -0.05) is 0 Å². The van der Waals surface area contributed by atoms with Gasteiger partial charge in [-0.05, 0) is 19.1 Å². The molecule has 3 N–H and O–H groups in total. The van der Waals surface area contributed by atoms with E-state index in [9.17, 15) is 4.39 Å². The Hall–Kier alpha value is -1.00. The van der Waals surface area contributed by atoms with E-state index in [0.29, 0.717) is 0 Å². The number of hydrogen-bond donors (Lipinski definition) is 2. The third kappa shape index (κ3) is 1.60. The van der Waals surface area contributed by atoms with Gasteiger partial charge in [0.1, 0.15) is 5.82 Å². The topological polar surface area (TPSA) is 59.1 Å². The molecular formula is C8H11FN2O. The highest BCUT2D eigenvalue weighted by Gasteiger charge is 2.24. The fraction of sp³-hybridized carbons (Fsp3) is 0.375. The first-order chi connectivity index (χ1) is 5.58. The van der Waals surface area contributed by atoms with E-state index < -0.39 is 11.4 Å². The van der Waals surface area contributed by atoms with E-state index in [4.69, 9.17) is 10.8 Å². The first kappa shape index (κ1) is 9.09. The second-order valence-corrected chi connectivity index (χ2v) is 2.91.